The SMILES string of the molecule is CC1CN(c2nccc(-c3cc(N)c(N4C[C@@H](C)N(C)[C@@H](C)C4)cc3F)n2)CCO1. The van der Waals surface area contributed by atoms with Crippen LogP contribution in [0.15, 0.2) is 24.4 Å². The fourth-order valence-corrected chi connectivity index (χ4v) is 4.30. The molecule has 2 fully saturated rings. The molecule has 8 heteroatoms. The number of benzene rings is 1. The van der Waals surface area contributed by atoms with Gasteiger partial charge in [-0.05, 0) is 46.0 Å². The monoisotopic (exact) mass is 414 g/mol. The first kappa shape index (κ1) is 20.8. The fourth-order valence-electron chi connectivity index (χ4n) is 4.30. The Bertz CT molecular complexity index is 897. The molecule has 3 atom stereocenters. The number of likely N-dealkylation sites (N-methyl/N-ethyl adjacent to an activating group) is 1. The predicted octanol–water partition coefficient (Wildman–Crippen LogP) is 2.62. The van der Waals surface area contributed by atoms with Gasteiger partial charge >= 0.3 is 0 Å². The van der Waals surface area contributed by atoms with Crippen molar-refractivity contribution in [3.8, 4) is 11.3 Å². The second kappa shape index (κ2) is 8.35. The zero-order valence-corrected chi connectivity index (χ0v) is 18.2. The number of piperazine rings is 1. The number of nitrogens with two attached hydrogens (primary N) is 1. The van der Waals surface area contributed by atoms with E-state index in [9.17, 15) is 0 Å². The van der Waals surface area contributed by atoms with E-state index in [2.05, 4.69) is 45.6 Å². The Balaban J connectivity index is 1.62. The second-order valence-corrected chi connectivity index (χ2v) is 8.53. The summed E-state index contributed by atoms with van der Waals surface area (Å²) in [5.41, 5.74) is 8.64. The molecule has 0 bridgehead atoms. The van der Waals surface area contributed by atoms with Crippen molar-refractivity contribution in [2.45, 2.75) is 39.0 Å². The standard InChI is InChI=1S/C22H31FN6O/c1-14-11-29(12-15(2)27(14)4)21-10-18(23)17(9-19(21)24)20-5-6-25-22(26-20)28-7-8-30-16(3)13-28/h5-6,9-10,14-16H,7-8,11-13,24H2,1-4H3/t14-,15+,16?. The number of ether oxygens (including phenoxy) is 1. The maximum atomic E-state index is 15.2. The largest absolute Gasteiger partial charge is 0.397 e. The zero-order chi connectivity index (χ0) is 21.4. The van der Waals surface area contributed by atoms with E-state index in [1.165, 1.54) is 0 Å². The first-order valence-corrected chi connectivity index (χ1v) is 10.6. The third kappa shape index (κ3) is 4.06. The van der Waals surface area contributed by atoms with E-state index < -0.39 is 0 Å². The zero-order valence-electron chi connectivity index (χ0n) is 18.2. The van der Waals surface area contributed by atoms with Gasteiger partial charge in [0.05, 0.1) is 29.8 Å². The summed E-state index contributed by atoms with van der Waals surface area (Å²) >= 11 is 0. The van der Waals surface area contributed by atoms with E-state index in [1.807, 2.05) is 6.92 Å². The van der Waals surface area contributed by atoms with Crippen LogP contribution in [-0.2, 0) is 4.74 Å². The highest BCUT2D eigenvalue weighted by Crippen LogP contribution is 2.33. The molecular formula is C22H31FN6O. The Morgan fingerprint density at radius 3 is 2.53 bits per heavy atom. The molecule has 2 N–H and O–H groups in total. The van der Waals surface area contributed by atoms with Gasteiger partial charge in [-0.15, -0.1) is 0 Å². The molecule has 0 amide bonds. The molecule has 3 heterocycles. The number of morpholine rings is 1. The van der Waals surface area contributed by atoms with Gasteiger partial charge in [0.15, 0.2) is 0 Å². The minimum atomic E-state index is -0.321. The van der Waals surface area contributed by atoms with Crippen LogP contribution in [0.1, 0.15) is 20.8 Å². The summed E-state index contributed by atoms with van der Waals surface area (Å²) < 4.78 is 20.8. The number of halogens is 1. The van der Waals surface area contributed by atoms with Gasteiger partial charge in [0.25, 0.3) is 0 Å². The predicted molar refractivity (Wildman–Crippen MR) is 118 cm³/mol. The Kier molecular flexibility index (Phi) is 5.79. The van der Waals surface area contributed by atoms with Crippen molar-refractivity contribution in [2.24, 2.45) is 0 Å². The van der Waals surface area contributed by atoms with E-state index in [-0.39, 0.29) is 11.9 Å². The maximum absolute atomic E-state index is 15.2. The summed E-state index contributed by atoms with van der Waals surface area (Å²) in [6.45, 7) is 10.1. The van der Waals surface area contributed by atoms with Crippen LogP contribution in [0.3, 0.4) is 0 Å². The minimum Gasteiger partial charge on any atom is -0.397 e. The molecule has 2 aliphatic heterocycles. The van der Waals surface area contributed by atoms with Crippen molar-refractivity contribution in [2.75, 3.05) is 55.4 Å². The molecule has 2 saturated heterocycles. The molecule has 2 aliphatic rings. The van der Waals surface area contributed by atoms with Gasteiger partial charge in [-0.3, -0.25) is 4.90 Å². The molecule has 0 aliphatic carbocycles. The first-order chi connectivity index (χ1) is 14.3. The van der Waals surface area contributed by atoms with E-state index in [1.54, 1.807) is 24.4 Å². The van der Waals surface area contributed by atoms with Gasteiger partial charge in [0.2, 0.25) is 5.95 Å². The van der Waals surface area contributed by atoms with Crippen molar-refractivity contribution < 1.29 is 9.13 Å². The average molecular weight is 415 g/mol. The van der Waals surface area contributed by atoms with Gasteiger partial charge < -0.3 is 20.3 Å². The van der Waals surface area contributed by atoms with Crippen molar-refractivity contribution in [3.05, 3.63) is 30.2 Å². The van der Waals surface area contributed by atoms with Gasteiger partial charge in [0.1, 0.15) is 5.82 Å². The van der Waals surface area contributed by atoms with Crippen molar-refractivity contribution in [1.82, 2.24) is 14.9 Å². The number of hydrogen-bond acceptors (Lipinski definition) is 7. The molecule has 1 aromatic heterocycles. The van der Waals surface area contributed by atoms with Crippen LogP contribution in [0.4, 0.5) is 21.7 Å². The van der Waals surface area contributed by atoms with E-state index in [0.29, 0.717) is 48.1 Å². The number of nitrogens with zero attached hydrogens (tertiary/aromatic N) is 5. The lowest BCUT2D eigenvalue weighted by molar-refractivity contribution is 0.0526. The van der Waals surface area contributed by atoms with E-state index in [0.717, 1.165) is 25.3 Å². The number of nitrogen functional groups attached to an aromatic ring is 1. The Morgan fingerprint density at radius 1 is 1.10 bits per heavy atom. The minimum absolute atomic E-state index is 0.117. The van der Waals surface area contributed by atoms with Crippen LogP contribution in [0, 0.1) is 5.82 Å². The number of aromatic nitrogens is 2. The van der Waals surface area contributed by atoms with Crippen LogP contribution in [0.25, 0.3) is 11.3 Å². The van der Waals surface area contributed by atoms with E-state index in [4.69, 9.17) is 10.5 Å². The summed E-state index contributed by atoms with van der Waals surface area (Å²) in [7, 11) is 2.13. The lowest BCUT2D eigenvalue weighted by Gasteiger charge is -2.43. The summed E-state index contributed by atoms with van der Waals surface area (Å²) in [6.07, 6.45) is 1.79. The fraction of sp³-hybridized carbons (Fsp3) is 0.545. The Morgan fingerprint density at radius 2 is 1.83 bits per heavy atom. The third-order valence-corrected chi connectivity index (χ3v) is 6.26. The molecule has 7 nitrogen and oxygen atoms in total. The van der Waals surface area contributed by atoms with Crippen molar-refractivity contribution in [1.29, 1.82) is 0 Å². The highest BCUT2D eigenvalue weighted by Gasteiger charge is 2.28. The molecule has 162 valence electrons. The number of anilines is 3. The van der Waals surface area contributed by atoms with Crippen LogP contribution in [-0.4, -0.2) is 72.9 Å². The highest BCUT2D eigenvalue weighted by atomic mass is 19.1. The van der Waals surface area contributed by atoms with Gasteiger partial charge in [-0.25, -0.2) is 14.4 Å². The van der Waals surface area contributed by atoms with Gasteiger partial charge in [-0.1, -0.05) is 0 Å². The lowest BCUT2D eigenvalue weighted by atomic mass is 10.0. The summed E-state index contributed by atoms with van der Waals surface area (Å²) in [6, 6.07) is 5.72. The first-order valence-electron chi connectivity index (χ1n) is 10.6. The topological polar surface area (TPSA) is 70.8 Å². The molecule has 1 unspecified atom stereocenters. The quantitative estimate of drug-likeness (QED) is 0.774. The average Bonchev–Trinajstić information content (AvgIpc) is 2.73. The third-order valence-electron chi connectivity index (χ3n) is 6.26. The van der Waals surface area contributed by atoms with Crippen molar-refractivity contribution >= 4 is 17.3 Å². The normalized spacial score (nSPS) is 25.6. The second-order valence-electron chi connectivity index (χ2n) is 8.53. The van der Waals surface area contributed by atoms with Crippen LogP contribution < -0.4 is 15.5 Å². The molecule has 4 rings (SSSR count). The Hall–Kier alpha value is -2.45. The van der Waals surface area contributed by atoms with Gasteiger partial charge in [0, 0.05) is 50.0 Å². The molecule has 2 aromatic rings. The number of hydrogen-bond donors (Lipinski definition) is 1. The molecule has 0 spiro atoms. The number of rotatable bonds is 3. The van der Waals surface area contributed by atoms with Crippen LogP contribution in [0.5, 0.6) is 0 Å². The van der Waals surface area contributed by atoms with Crippen LogP contribution >= 0.6 is 0 Å². The van der Waals surface area contributed by atoms with Crippen LogP contribution in [0.2, 0.25) is 0 Å². The summed E-state index contributed by atoms with van der Waals surface area (Å²) in [4.78, 5) is 15.6. The molecule has 0 radical (unpaired) electrons. The van der Waals surface area contributed by atoms with Gasteiger partial charge in [-0.2, -0.15) is 0 Å². The smallest absolute Gasteiger partial charge is 0.226 e. The summed E-state index contributed by atoms with van der Waals surface area (Å²) in [5, 5.41) is 0. The molecule has 0 saturated carbocycles. The highest BCUT2D eigenvalue weighted by molar-refractivity contribution is 5.76. The molecule has 1 aromatic carbocycles. The lowest BCUT2D eigenvalue weighted by Crippen LogP contribution is -2.55. The van der Waals surface area contributed by atoms with Crippen molar-refractivity contribution in [3.63, 3.8) is 0 Å². The molecule has 30 heavy (non-hydrogen) atoms. The van der Waals surface area contributed by atoms with E-state index >= 15 is 4.39 Å². The molecular weight excluding hydrogens is 383 g/mol. The summed E-state index contributed by atoms with van der Waals surface area (Å²) in [5.74, 6) is 0.268. The maximum Gasteiger partial charge on any atom is 0.226 e. The Labute approximate surface area is 177 Å².